The lowest BCUT2D eigenvalue weighted by atomic mass is 9.80. The molecule has 0 aromatic heterocycles. The van der Waals surface area contributed by atoms with E-state index in [-0.39, 0.29) is 85.8 Å². The molecule has 0 aromatic rings. The Morgan fingerprint density at radius 2 is 1.51 bits per heavy atom. The summed E-state index contributed by atoms with van der Waals surface area (Å²) >= 11 is 0. The Labute approximate surface area is 346 Å². The summed E-state index contributed by atoms with van der Waals surface area (Å²) in [5.41, 5.74) is 2.43. The Balaban J connectivity index is 0.884. The average molecular weight is 817 g/mol. The number of aliphatic hydroxyl groups excluding tert-OH is 1. The van der Waals surface area contributed by atoms with E-state index >= 15 is 0 Å². The largest absolute Gasteiger partial charge is 0.417 e. The topological polar surface area (TPSA) is 94.1 Å². The van der Waals surface area contributed by atoms with Crippen molar-refractivity contribution in [3.8, 4) is 0 Å². The lowest BCUT2D eigenvalue weighted by Crippen LogP contribution is -2.54. The number of ether oxygens (including phenoxy) is 7. The first kappa shape index (κ1) is 44.4. The van der Waals surface area contributed by atoms with Crippen molar-refractivity contribution in [3.05, 3.63) is 24.3 Å². The molecule has 8 rings (SSSR count). The molecule has 8 fully saturated rings. The second kappa shape index (κ2) is 18.8. The van der Waals surface area contributed by atoms with Crippen LogP contribution in [0, 0.1) is 29.6 Å². The van der Waals surface area contributed by atoms with E-state index in [1.807, 2.05) is 0 Å². The number of hydrogen-bond acceptors (Lipinski definition) is 9. The lowest BCUT2D eigenvalue weighted by Gasteiger charge is -2.42. The molecule has 0 aromatic carbocycles. The fourth-order valence-electron chi connectivity index (χ4n) is 12.1. The van der Waals surface area contributed by atoms with Crippen molar-refractivity contribution >= 4 is 8.32 Å². The van der Waals surface area contributed by atoms with Gasteiger partial charge in [0.2, 0.25) is 0 Å². The van der Waals surface area contributed by atoms with Gasteiger partial charge in [-0.15, -0.1) is 0 Å². The summed E-state index contributed by atoms with van der Waals surface area (Å²) in [6.07, 6.45) is 11.4. The van der Waals surface area contributed by atoms with Crippen molar-refractivity contribution in [2.75, 3.05) is 13.2 Å². The Kier molecular flexibility index (Phi) is 14.6. The first-order valence-electron chi connectivity index (χ1n) is 23.6. The first-order chi connectivity index (χ1) is 27.4. The molecule has 3 unspecified atom stereocenters. The van der Waals surface area contributed by atoms with Gasteiger partial charge in [-0.2, -0.15) is 0 Å². The van der Waals surface area contributed by atoms with E-state index in [9.17, 15) is 5.11 Å². The maximum Gasteiger partial charge on any atom is 0.191 e. The number of hydrogen-bond donors (Lipinski definition) is 1. The molecule has 9 nitrogen and oxygen atoms in total. The zero-order valence-corrected chi connectivity index (χ0v) is 38.0. The van der Waals surface area contributed by atoms with Crippen LogP contribution in [0.5, 0.6) is 0 Å². The molecule has 326 valence electrons. The minimum Gasteiger partial charge on any atom is -0.417 e. The monoisotopic (exact) mass is 817 g/mol. The summed E-state index contributed by atoms with van der Waals surface area (Å²) in [6, 6.07) is 3.60. The molecule has 0 saturated carbocycles. The van der Waals surface area contributed by atoms with E-state index in [0.717, 1.165) is 83.7 Å². The smallest absolute Gasteiger partial charge is 0.191 e. The molecule has 57 heavy (non-hydrogen) atoms. The summed E-state index contributed by atoms with van der Waals surface area (Å²) in [5, 5.41) is 9.46. The van der Waals surface area contributed by atoms with Crippen molar-refractivity contribution < 1.29 is 42.7 Å². The predicted molar refractivity (Wildman–Crippen MR) is 226 cm³/mol. The van der Waals surface area contributed by atoms with Gasteiger partial charge in [0, 0.05) is 38.4 Å². The zero-order chi connectivity index (χ0) is 40.6. The van der Waals surface area contributed by atoms with Crippen LogP contribution in [-0.2, 0) is 37.6 Å². The molecule has 18 atom stereocenters. The molecule has 0 aliphatic carbocycles. The van der Waals surface area contributed by atoms with Crippen LogP contribution < -0.4 is 0 Å². The van der Waals surface area contributed by atoms with Crippen LogP contribution in [0.4, 0.5) is 0 Å². The highest BCUT2D eigenvalue weighted by Crippen LogP contribution is 2.54. The van der Waals surface area contributed by atoms with E-state index in [1.54, 1.807) is 0 Å². The lowest BCUT2D eigenvalue weighted by molar-refractivity contribution is -0.263. The van der Waals surface area contributed by atoms with Crippen LogP contribution in [0.1, 0.15) is 132 Å². The Morgan fingerprint density at radius 3 is 2.23 bits per heavy atom. The Morgan fingerprint density at radius 1 is 0.789 bits per heavy atom. The summed E-state index contributed by atoms with van der Waals surface area (Å²) in [5.74, 6) is 1.49. The van der Waals surface area contributed by atoms with Crippen molar-refractivity contribution in [2.45, 2.75) is 230 Å². The van der Waals surface area contributed by atoms with Crippen molar-refractivity contribution in [2.24, 2.45) is 29.6 Å². The van der Waals surface area contributed by atoms with Gasteiger partial charge in [0.25, 0.3) is 0 Å². The predicted octanol–water partition coefficient (Wildman–Crippen LogP) is 9.31. The second-order valence-electron chi connectivity index (χ2n) is 19.7. The molecule has 8 aliphatic rings. The molecular weight excluding hydrogens is 737 g/mol. The quantitative estimate of drug-likeness (QED) is 0.0954. The fourth-order valence-corrected chi connectivity index (χ4v) is 14.9. The SMILES string of the molecule is C=C1C[C@H](CC[C@@]23C[C@H]4O[C@H]5[C@@H](O2)[C@@H](C)[C@H](CCCO)O[C@H]5C4O3)OC1CC[C@H]1C[C@@H](C)C(=C)C(C[C@@H]2O[C@H](C[C@H](C)CO[Si](CC)(CC)CC)[C@H](C)[C@H]2CC)O1. The molecule has 0 spiro atoms. The first-order valence-corrected chi connectivity index (χ1v) is 26.1. The van der Waals surface area contributed by atoms with Gasteiger partial charge < -0.3 is 42.7 Å². The fraction of sp³-hybridized carbons (Fsp3) is 0.915. The summed E-state index contributed by atoms with van der Waals surface area (Å²) in [4.78, 5) is 0. The highest BCUT2D eigenvalue weighted by atomic mass is 28.4. The molecular formula is C47H80O9Si. The van der Waals surface area contributed by atoms with Crippen LogP contribution in [-0.4, -0.2) is 106 Å². The molecule has 0 amide bonds. The van der Waals surface area contributed by atoms with E-state index < -0.39 is 14.1 Å². The third-order valence-corrected chi connectivity index (χ3v) is 20.8. The zero-order valence-electron chi connectivity index (χ0n) is 37.0. The van der Waals surface area contributed by atoms with Crippen LogP contribution >= 0.6 is 0 Å². The molecule has 10 heteroatoms. The normalized spacial score (nSPS) is 44.6. The number of aliphatic hydroxyl groups is 1. The molecule has 6 bridgehead atoms. The Bertz CT molecular complexity index is 1350. The van der Waals surface area contributed by atoms with Crippen LogP contribution in [0.15, 0.2) is 24.3 Å². The molecule has 8 saturated heterocycles. The van der Waals surface area contributed by atoms with Crippen LogP contribution in [0.25, 0.3) is 0 Å². The third-order valence-electron chi connectivity index (χ3n) is 16.1. The van der Waals surface area contributed by atoms with Crippen LogP contribution in [0.2, 0.25) is 18.1 Å². The van der Waals surface area contributed by atoms with E-state index in [1.165, 1.54) is 29.3 Å². The summed E-state index contributed by atoms with van der Waals surface area (Å²) in [7, 11) is -1.59. The van der Waals surface area contributed by atoms with Gasteiger partial charge in [-0.1, -0.05) is 75.0 Å². The molecule has 1 N–H and O–H groups in total. The average Bonchev–Trinajstić information content (AvgIpc) is 3.87. The minimum absolute atomic E-state index is 0.0134. The van der Waals surface area contributed by atoms with Gasteiger partial charge in [0.15, 0.2) is 14.1 Å². The maximum atomic E-state index is 9.46. The third kappa shape index (κ3) is 9.27. The van der Waals surface area contributed by atoms with Gasteiger partial charge in [-0.3, -0.25) is 0 Å². The summed E-state index contributed by atoms with van der Waals surface area (Å²) < 4.78 is 54.0. The van der Waals surface area contributed by atoms with E-state index in [0.29, 0.717) is 23.7 Å². The van der Waals surface area contributed by atoms with Gasteiger partial charge in [-0.25, -0.2) is 0 Å². The van der Waals surface area contributed by atoms with E-state index in [4.69, 9.17) is 37.6 Å². The molecule has 8 heterocycles. The summed E-state index contributed by atoms with van der Waals surface area (Å²) in [6.45, 7) is 28.7. The molecule has 0 radical (unpaired) electrons. The van der Waals surface area contributed by atoms with Crippen LogP contribution in [0.3, 0.4) is 0 Å². The number of rotatable bonds is 20. The minimum atomic E-state index is -1.59. The van der Waals surface area contributed by atoms with Gasteiger partial charge in [0.1, 0.15) is 18.3 Å². The van der Waals surface area contributed by atoms with E-state index in [2.05, 4.69) is 68.5 Å². The standard InChI is InChI=1S/C47H80O9Si/c1-11-36-32(9)39(22-28(5)27-49-57(12-2,13-3)14-4)52-41(36)25-40-31(8)29(6)23-34(51-40)17-18-37-30(7)24-35(50-37)19-20-47-26-42-44(56-47)46-45(54-42)43(55-47)33(10)38(53-46)16-15-21-48/h28-29,32-46,48H,7-8,11-27H2,1-6,9-10H3/t28-,29+,32+,33-,34-,35-,36+,37?,38-,39+,40?,41-,42+,43-,44?,45-,46-,47+/m0/s1. The highest BCUT2D eigenvalue weighted by Gasteiger charge is 2.67. The van der Waals surface area contributed by atoms with Crippen molar-refractivity contribution in [1.29, 1.82) is 0 Å². The Hall–Kier alpha value is -0.663. The van der Waals surface area contributed by atoms with Crippen molar-refractivity contribution in [1.82, 2.24) is 0 Å². The van der Waals surface area contributed by atoms with Gasteiger partial charge in [0.05, 0.1) is 54.9 Å². The van der Waals surface area contributed by atoms with Gasteiger partial charge in [-0.05, 0) is 104 Å². The second-order valence-corrected chi connectivity index (χ2v) is 24.5. The highest BCUT2D eigenvalue weighted by molar-refractivity contribution is 6.73. The van der Waals surface area contributed by atoms with Crippen molar-refractivity contribution in [3.63, 3.8) is 0 Å². The molecule has 8 aliphatic heterocycles. The van der Waals surface area contributed by atoms with Gasteiger partial charge >= 0.3 is 0 Å². The maximum absolute atomic E-state index is 9.46.